The topological polar surface area (TPSA) is 43.6 Å². The van der Waals surface area contributed by atoms with E-state index in [1.54, 1.807) is 18.9 Å². The Kier molecular flexibility index (Phi) is 5.94. The van der Waals surface area contributed by atoms with Crippen molar-refractivity contribution >= 4 is 39.2 Å². The van der Waals surface area contributed by atoms with Crippen LogP contribution < -0.4 is 9.54 Å². The predicted molar refractivity (Wildman–Crippen MR) is 105 cm³/mol. The molecule has 0 atom stereocenters. The molecule has 0 N–H and O–H groups in total. The normalized spacial score (nSPS) is 11.8. The van der Waals surface area contributed by atoms with E-state index in [4.69, 9.17) is 4.74 Å². The molecule has 0 bridgehead atoms. The third-order valence-corrected chi connectivity index (χ3v) is 5.46. The molecule has 0 radical (unpaired) electrons. The van der Waals surface area contributed by atoms with E-state index in [2.05, 4.69) is 15.8 Å². The van der Waals surface area contributed by atoms with Crippen molar-refractivity contribution in [3.8, 4) is 5.75 Å². The maximum absolute atomic E-state index is 12.4. The summed E-state index contributed by atoms with van der Waals surface area (Å²) >= 11 is 3.31. The van der Waals surface area contributed by atoms with Crippen molar-refractivity contribution in [1.29, 1.82) is 0 Å². The number of aromatic nitrogens is 1. The molecular weight excluding hydrogens is 352 g/mol. The smallest absolute Gasteiger partial charge is 0.252 e. The van der Waals surface area contributed by atoms with E-state index < -0.39 is 0 Å². The Morgan fingerprint density at radius 2 is 2.04 bits per heavy atom. The van der Waals surface area contributed by atoms with Gasteiger partial charge >= 0.3 is 0 Å². The number of methoxy groups -OCH3 is 1. The number of nitrogens with zero attached hydrogens (tertiary/aromatic N) is 2. The van der Waals surface area contributed by atoms with Gasteiger partial charge in [-0.3, -0.25) is 4.79 Å². The Morgan fingerprint density at radius 1 is 1.24 bits per heavy atom. The van der Waals surface area contributed by atoms with Crippen molar-refractivity contribution in [3.63, 3.8) is 0 Å². The first-order chi connectivity index (χ1) is 12.2. The van der Waals surface area contributed by atoms with Gasteiger partial charge in [0.1, 0.15) is 5.75 Å². The van der Waals surface area contributed by atoms with Crippen LogP contribution in [0.3, 0.4) is 0 Å². The molecule has 6 heteroatoms. The zero-order valence-electron chi connectivity index (χ0n) is 14.3. The van der Waals surface area contributed by atoms with Gasteiger partial charge in [0.15, 0.2) is 4.80 Å². The lowest BCUT2D eigenvalue weighted by molar-refractivity contribution is -0.117. The molecule has 0 unspecified atom stereocenters. The van der Waals surface area contributed by atoms with Crippen LogP contribution in [-0.4, -0.2) is 29.6 Å². The van der Waals surface area contributed by atoms with E-state index in [0.29, 0.717) is 6.42 Å². The number of thioether (sulfide) groups is 1. The number of amides is 1. The highest BCUT2D eigenvalue weighted by atomic mass is 32.2. The summed E-state index contributed by atoms with van der Waals surface area (Å²) in [5.41, 5.74) is 2.07. The van der Waals surface area contributed by atoms with Gasteiger partial charge in [-0.15, -0.1) is 0 Å². The van der Waals surface area contributed by atoms with Gasteiger partial charge < -0.3 is 9.30 Å². The molecule has 0 aliphatic carbocycles. The zero-order chi connectivity index (χ0) is 17.6. The fraction of sp³-hybridized carbons (Fsp3) is 0.263. The van der Waals surface area contributed by atoms with E-state index in [1.807, 2.05) is 48.5 Å². The molecule has 3 aromatic rings. The second kappa shape index (κ2) is 8.36. The lowest BCUT2D eigenvalue weighted by Gasteiger charge is -2.04. The third-order valence-electron chi connectivity index (χ3n) is 3.83. The maximum Gasteiger partial charge on any atom is 0.252 e. The summed E-state index contributed by atoms with van der Waals surface area (Å²) in [4.78, 5) is 17.5. The quantitative estimate of drug-likeness (QED) is 0.662. The number of thiazole rings is 1. The molecule has 1 aromatic heterocycles. The first kappa shape index (κ1) is 17.8. The highest BCUT2D eigenvalue weighted by Crippen LogP contribution is 2.23. The fourth-order valence-corrected chi connectivity index (χ4v) is 4.05. The van der Waals surface area contributed by atoms with Crippen molar-refractivity contribution in [2.24, 2.45) is 4.99 Å². The highest BCUT2D eigenvalue weighted by molar-refractivity contribution is 7.98. The van der Waals surface area contributed by atoms with E-state index in [0.717, 1.165) is 38.6 Å². The molecule has 3 rings (SSSR count). The minimum atomic E-state index is -0.123. The standard InChI is InChI=1S/C19H20N2O2S2/c1-23-15-8-9-16-17(13-15)25-19(21(16)10-11-24-2)20-18(22)12-14-6-4-3-5-7-14/h3-9,13H,10-12H2,1-2H3. The van der Waals surface area contributed by atoms with Crippen LogP contribution in [0.25, 0.3) is 10.2 Å². The number of carbonyl (C=O) groups is 1. The molecule has 0 saturated heterocycles. The molecule has 0 saturated carbocycles. The van der Waals surface area contributed by atoms with E-state index >= 15 is 0 Å². The summed E-state index contributed by atoms with van der Waals surface area (Å²) < 4.78 is 8.51. The van der Waals surface area contributed by atoms with Gasteiger partial charge in [-0.25, -0.2) is 0 Å². The Bertz CT molecular complexity index is 929. The molecule has 2 aromatic carbocycles. The van der Waals surface area contributed by atoms with Crippen LogP contribution in [0.4, 0.5) is 0 Å². The Labute approximate surface area is 155 Å². The fourth-order valence-electron chi connectivity index (χ4n) is 2.58. The third kappa shape index (κ3) is 4.32. The molecular formula is C19H20N2O2S2. The molecule has 0 fully saturated rings. The number of aryl methyl sites for hydroxylation is 1. The van der Waals surface area contributed by atoms with Gasteiger partial charge in [-0.05, 0) is 30.0 Å². The van der Waals surface area contributed by atoms with E-state index in [9.17, 15) is 4.79 Å². The summed E-state index contributed by atoms with van der Waals surface area (Å²) in [6, 6.07) is 15.7. The number of carbonyl (C=O) groups excluding carboxylic acids is 1. The molecule has 0 aliphatic heterocycles. The largest absolute Gasteiger partial charge is 0.497 e. The van der Waals surface area contributed by atoms with Crippen LogP contribution in [-0.2, 0) is 17.8 Å². The zero-order valence-corrected chi connectivity index (χ0v) is 15.9. The highest BCUT2D eigenvalue weighted by Gasteiger charge is 2.09. The minimum Gasteiger partial charge on any atom is -0.497 e. The first-order valence-corrected chi connectivity index (χ1v) is 10.2. The Balaban J connectivity index is 1.99. The van der Waals surface area contributed by atoms with Gasteiger partial charge in [0.05, 0.1) is 23.7 Å². The molecule has 130 valence electrons. The number of hydrogen-bond donors (Lipinski definition) is 0. The SMILES string of the molecule is COc1ccc2c(c1)sc(=NC(=O)Cc1ccccc1)n2CCSC. The van der Waals surface area contributed by atoms with Gasteiger partial charge in [0.2, 0.25) is 0 Å². The number of hydrogen-bond acceptors (Lipinski definition) is 4. The minimum absolute atomic E-state index is 0.123. The first-order valence-electron chi connectivity index (χ1n) is 7.99. The summed E-state index contributed by atoms with van der Waals surface area (Å²) in [6.07, 6.45) is 2.40. The van der Waals surface area contributed by atoms with Gasteiger partial charge in [-0.1, -0.05) is 41.7 Å². The van der Waals surface area contributed by atoms with Crippen LogP contribution in [0.1, 0.15) is 5.56 Å². The van der Waals surface area contributed by atoms with Crippen molar-refractivity contribution in [2.75, 3.05) is 19.1 Å². The predicted octanol–water partition coefficient (Wildman–Crippen LogP) is 3.74. The monoisotopic (exact) mass is 372 g/mol. The molecule has 0 aliphatic rings. The summed E-state index contributed by atoms with van der Waals surface area (Å²) in [7, 11) is 1.66. The average Bonchev–Trinajstić information content (AvgIpc) is 2.96. The van der Waals surface area contributed by atoms with E-state index in [1.165, 1.54) is 11.3 Å². The van der Waals surface area contributed by atoms with Crippen molar-refractivity contribution in [3.05, 3.63) is 58.9 Å². The van der Waals surface area contributed by atoms with Gasteiger partial charge in [0, 0.05) is 12.3 Å². The maximum atomic E-state index is 12.4. The summed E-state index contributed by atoms with van der Waals surface area (Å²) in [6.45, 7) is 0.824. The van der Waals surface area contributed by atoms with Crippen molar-refractivity contribution in [1.82, 2.24) is 4.57 Å². The molecule has 0 spiro atoms. The lowest BCUT2D eigenvalue weighted by atomic mass is 10.1. The molecule has 25 heavy (non-hydrogen) atoms. The van der Waals surface area contributed by atoms with Crippen LogP contribution in [0.15, 0.2) is 53.5 Å². The van der Waals surface area contributed by atoms with Crippen molar-refractivity contribution < 1.29 is 9.53 Å². The van der Waals surface area contributed by atoms with Crippen LogP contribution in [0.2, 0.25) is 0 Å². The number of rotatable bonds is 6. The Hall–Kier alpha value is -2.05. The second-order valence-electron chi connectivity index (χ2n) is 5.53. The van der Waals surface area contributed by atoms with Crippen molar-refractivity contribution in [2.45, 2.75) is 13.0 Å². The van der Waals surface area contributed by atoms with Crippen LogP contribution in [0.5, 0.6) is 5.75 Å². The van der Waals surface area contributed by atoms with Gasteiger partial charge in [-0.2, -0.15) is 16.8 Å². The number of ether oxygens (including phenoxy) is 1. The second-order valence-corrected chi connectivity index (χ2v) is 7.53. The summed E-state index contributed by atoms with van der Waals surface area (Å²) in [5.74, 6) is 1.66. The van der Waals surface area contributed by atoms with E-state index in [-0.39, 0.29) is 5.91 Å². The van der Waals surface area contributed by atoms with Crippen LogP contribution in [0, 0.1) is 0 Å². The average molecular weight is 373 g/mol. The Morgan fingerprint density at radius 3 is 2.76 bits per heavy atom. The number of fused-ring (bicyclic) bond motifs is 1. The van der Waals surface area contributed by atoms with Gasteiger partial charge in [0.25, 0.3) is 5.91 Å². The number of benzene rings is 2. The van der Waals surface area contributed by atoms with Crippen LogP contribution >= 0.6 is 23.1 Å². The molecule has 4 nitrogen and oxygen atoms in total. The summed E-state index contributed by atoms with van der Waals surface area (Å²) in [5, 5.41) is 0. The lowest BCUT2D eigenvalue weighted by Crippen LogP contribution is -2.18. The molecule has 1 heterocycles. The molecule has 1 amide bonds.